The molecule has 4 rings (SSSR count). The summed E-state index contributed by atoms with van der Waals surface area (Å²) in [6.45, 7) is 4.08. The van der Waals surface area contributed by atoms with E-state index in [4.69, 9.17) is 15.2 Å². The number of ether oxygens (including phenoxy) is 2. The van der Waals surface area contributed by atoms with Crippen LogP contribution in [0.15, 0.2) is 41.2 Å². The maximum absolute atomic E-state index is 12.7. The predicted octanol–water partition coefficient (Wildman–Crippen LogP) is 2.47. The van der Waals surface area contributed by atoms with Gasteiger partial charge in [-0.2, -0.15) is 5.10 Å². The van der Waals surface area contributed by atoms with Gasteiger partial charge < -0.3 is 20.5 Å². The maximum Gasteiger partial charge on any atom is 0.290 e. The molecule has 1 aromatic carbocycles. The number of carbonyl (C=O) groups excluding carboxylic acids is 1. The molecule has 0 saturated heterocycles. The van der Waals surface area contributed by atoms with Crippen molar-refractivity contribution in [2.75, 3.05) is 12.5 Å². The van der Waals surface area contributed by atoms with Gasteiger partial charge in [0.15, 0.2) is 11.5 Å². The Hall–Kier alpha value is -3.33. The van der Waals surface area contributed by atoms with Crippen LogP contribution in [0.5, 0.6) is 11.5 Å². The second-order valence-electron chi connectivity index (χ2n) is 6.73. The number of nitrogens with two attached hydrogens (primary N) is 1. The van der Waals surface area contributed by atoms with Crippen molar-refractivity contribution in [3.05, 3.63) is 57.2 Å². The average molecular weight is 412 g/mol. The van der Waals surface area contributed by atoms with Crippen LogP contribution in [-0.2, 0) is 11.3 Å². The molecule has 0 aliphatic carbocycles. The summed E-state index contributed by atoms with van der Waals surface area (Å²) in [7, 11) is 0. The van der Waals surface area contributed by atoms with Gasteiger partial charge in [0.05, 0.1) is 4.88 Å². The summed E-state index contributed by atoms with van der Waals surface area (Å²) >= 11 is 1.55. The Morgan fingerprint density at radius 1 is 1.28 bits per heavy atom. The Kier molecular flexibility index (Phi) is 4.98. The number of fused-ring (bicyclic) bond motifs is 1. The van der Waals surface area contributed by atoms with E-state index in [9.17, 15) is 9.59 Å². The first-order chi connectivity index (χ1) is 13.9. The zero-order chi connectivity index (χ0) is 20.5. The number of anilines is 1. The molecule has 3 aromatic rings. The molecule has 29 heavy (non-hydrogen) atoms. The van der Waals surface area contributed by atoms with E-state index in [0.717, 1.165) is 20.0 Å². The van der Waals surface area contributed by atoms with E-state index in [0.29, 0.717) is 17.2 Å². The predicted molar refractivity (Wildman–Crippen MR) is 110 cm³/mol. The number of nitrogens with one attached hydrogen (secondary N) is 1. The van der Waals surface area contributed by atoms with Crippen LogP contribution >= 0.6 is 11.3 Å². The molecule has 3 heterocycles. The van der Waals surface area contributed by atoms with E-state index in [1.54, 1.807) is 30.4 Å². The standard InChI is InChI=1S/C20H20N4O4S/c1-11-3-6-18(29-11)15-8-14(21)20(26)24(23-15)12(2)19(25)22-9-13-4-5-16-17(7-13)28-10-27-16/h3-8,12H,9-10,21H2,1-2H3,(H,22,25). The van der Waals surface area contributed by atoms with Crippen LogP contribution in [0.3, 0.4) is 0 Å². The lowest BCUT2D eigenvalue weighted by Crippen LogP contribution is -2.37. The smallest absolute Gasteiger partial charge is 0.290 e. The van der Waals surface area contributed by atoms with Gasteiger partial charge in [0.2, 0.25) is 12.7 Å². The summed E-state index contributed by atoms with van der Waals surface area (Å²) in [6.07, 6.45) is 0. The zero-order valence-electron chi connectivity index (χ0n) is 16.0. The fraction of sp³-hybridized carbons (Fsp3) is 0.250. The summed E-state index contributed by atoms with van der Waals surface area (Å²) < 4.78 is 11.8. The quantitative estimate of drug-likeness (QED) is 0.666. The van der Waals surface area contributed by atoms with Gasteiger partial charge in [-0.05, 0) is 49.7 Å². The minimum atomic E-state index is -0.820. The largest absolute Gasteiger partial charge is 0.454 e. The number of rotatable bonds is 5. The Morgan fingerprint density at radius 3 is 2.83 bits per heavy atom. The van der Waals surface area contributed by atoms with Crippen molar-refractivity contribution in [3.63, 3.8) is 0 Å². The van der Waals surface area contributed by atoms with Crippen LogP contribution in [0, 0.1) is 6.92 Å². The first kappa shape index (κ1) is 19.0. The number of benzene rings is 1. The molecule has 1 aliphatic rings. The highest BCUT2D eigenvalue weighted by atomic mass is 32.1. The van der Waals surface area contributed by atoms with E-state index in [1.807, 2.05) is 31.2 Å². The van der Waals surface area contributed by atoms with E-state index >= 15 is 0 Å². The van der Waals surface area contributed by atoms with Crippen molar-refractivity contribution < 1.29 is 14.3 Å². The fourth-order valence-corrected chi connectivity index (χ4v) is 3.81. The molecule has 0 bridgehead atoms. The van der Waals surface area contributed by atoms with Crippen LogP contribution in [0.1, 0.15) is 23.4 Å². The topological polar surface area (TPSA) is 108 Å². The average Bonchev–Trinajstić information content (AvgIpc) is 3.35. The molecule has 1 unspecified atom stereocenters. The minimum Gasteiger partial charge on any atom is -0.454 e. The monoisotopic (exact) mass is 412 g/mol. The lowest BCUT2D eigenvalue weighted by atomic mass is 10.2. The number of aromatic nitrogens is 2. The lowest BCUT2D eigenvalue weighted by molar-refractivity contribution is -0.124. The lowest BCUT2D eigenvalue weighted by Gasteiger charge is -2.15. The summed E-state index contributed by atoms with van der Waals surface area (Å²) in [6, 6.07) is 10.1. The molecule has 1 amide bonds. The molecular formula is C20H20N4O4S. The molecule has 3 N–H and O–H groups in total. The van der Waals surface area contributed by atoms with Crippen LogP contribution < -0.4 is 26.1 Å². The fourth-order valence-electron chi connectivity index (χ4n) is 2.99. The third-order valence-electron chi connectivity index (χ3n) is 4.61. The molecule has 0 spiro atoms. The molecule has 150 valence electrons. The number of amides is 1. The number of hydrogen-bond acceptors (Lipinski definition) is 7. The van der Waals surface area contributed by atoms with Crippen molar-refractivity contribution in [3.8, 4) is 22.1 Å². The van der Waals surface area contributed by atoms with Crippen molar-refractivity contribution in [1.29, 1.82) is 0 Å². The van der Waals surface area contributed by atoms with Crippen molar-refractivity contribution >= 4 is 22.9 Å². The number of nitrogen functional groups attached to an aromatic ring is 1. The molecule has 9 heteroatoms. The third kappa shape index (κ3) is 3.81. The molecular weight excluding hydrogens is 392 g/mol. The number of nitrogens with zero attached hydrogens (tertiary/aromatic N) is 2. The third-order valence-corrected chi connectivity index (χ3v) is 5.63. The molecule has 8 nitrogen and oxygen atoms in total. The van der Waals surface area contributed by atoms with Crippen LogP contribution in [0.4, 0.5) is 5.69 Å². The summed E-state index contributed by atoms with van der Waals surface area (Å²) in [5.41, 5.74) is 6.88. The Morgan fingerprint density at radius 2 is 2.07 bits per heavy atom. The van der Waals surface area contributed by atoms with Gasteiger partial charge in [-0.3, -0.25) is 9.59 Å². The molecule has 0 fully saturated rings. The highest BCUT2D eigenvalue weighted by molar-refractivity contribution is 7.15. The Labute approximate surface area is 170 Å². The first-order valence-electron chi connectivity index (χ1n) is 9.05. The van der Waals surface area contributed by atoms with Gasteiger partial charge in [-0.25, -0.2) is 4.68 Å². The number of carbonyl (C=O) groups is 1. The van der Waals surface area contributed by atoms with Crippen LogP contribution in [0.25, 0.3) is 10.6 Å². The molecule has 1 aliphatic heterocycles. The van der Waals surface area contributed by atoms with Crippen LogP contribution in [0.2, 0.25) is 0 Å². The minimum absolute atomic E-state index is 0.0523. The second kappa shape index (κ2) is 7.59. The number of hydrogen-bond donors (Lipinski definition) is 2. The highest BCUT2D eigenvalue weighted by Crippen LogP contribution is 2.32. The second-order valence-corrected chi connectivity index (χ2v) is 8.01. The molecule has 2 aromatic heterocycles. The number of aryl methyl sites for hydroxylation is 1. The van der Waals surface area contributed by atoms with E-state index in [1.165, 1.54) is 0 Å². The molecule has 0 radical (unpaired) electrons. The van der Waals surface area contributed by atoms with Gasteiger partial charge in [-0.1, -0.05) is 6.07 Å². The summed E-state index contributed by atoms with van der Waals surface area (Å²) in [4.78, 5) is 27.1. The Bertz CT molecular complexity index is 1140. The highest BCUT2D eigenvalue weighted by Gasteiger charge is 2.20. The normalized spacial score (nSPS) is 13.3. The van der Waals surface area contributed by atoms with Gasteiger partial charge in [0.1, 0.15) is 17.4 Å². The molecule has 1 atom stereocenters. The Balaban J connectivity index is 1.52. The van der Waals surface area contributed by atoms with Gasteiger partial charge in [-0.15, -0.1) is 11.3 Å². The summed E-state index contributed by atoms with van der Waals surface area (Å²) in [5.74, 6) is 0.992. The van der Waals surface area contributed by atoms with Gasteiger partial charge in [0.25, 0.3) is 5.56 Å². The van der Waals surface area contributed by atoms with Crippen molar-refractivity contribution in [2.24, 2.45) is 0 Å². The SMILES string of the molecule is Cc1ccc(-c2cc(N)c(=O)n(C(C)C(=O)NCc3ccc4c(c3)OCO4)n2)s1. The number of thiophene rings is 1. The van der Waals surface area contributed by atoms with Gasteiger partial charge in [0, 0.05) is 11.4 Å². The van der Waals surface area contributed by atoms with Gasteiger partial charge >= 0.3 is 0 Å². The van der Waals surface area contributed by atoms with E-state index < -0.39 is 11.6 Å². The first-order valence-corrected chi connectivity index (χ1v) is 9.86. The maximum atomic E-state index is 12.7. The molecule has 0 saturated carbocycles. The summed E-state index contributed by atoms with van der Waals surface area (Å²) in [5, 5.41) is 7.20. The van der Waals surface area contributed by atoms with Crippen molar-refractivity contribution in [2.45, 2.75) is 26.4 Å². The zero-order valence-corrected chi connectivity index (χ0v) is 16.8. The van der Waals surface area contributed by atoms with E-state index in [-0.39, 0.29) is 24.9 Å². The van der Waals surface area contributed by atoms with Crippen molar-refractivity contribution in [1.82, 2.24) is 15.1 Å². The van der Waals surface area contributed by atoms with Crippen LogP contribution in [-0.4, -0.2) is 22.5 Å². The van der Waals surface area contributed by atoms with E-state index in [2.05, 4.69) is 10.4 Å².